The summed E-state index contributed by atoms with van der Waals surface area (Å²) in [5.74, 6) is -0.0430. The largest absolute Gasteiger partial charge is 0.464 e. The van der Waals surface area contributed by atoms with E-state index in [2.05, 4.69) is 13.5 Å². The summed E-state index contributed by atoms with van der Waals surface area (Å²) in [6, 6.07) is 0. The second-order valence-electron chi connectivity index (χ2n) is 1.84. The van der Waals surface area contributed by atoms with Gasteiger partial charge in [0.25, 0.3) is 0 Å². The molecule has 0 amide bonds. The van der Waals surface area contributed by atoms with Gasteiger partial charge in [-0.3, -0.25) is 0 Å². The van der Waals surface area contributed by atoms with E-state index in [-0.39, 0.29) is 6.61 Å². The lowest BCUT2D eigenvalue weighted by Gasteiger charge is -2.00. The minimum atomic E-state index is -0.398. The van der Waals surface area contributed by atoms with Crippen LogP contribution in [0.3, 0.4) is 0 Å². The summed E-state index contributed by atoms with van der Waals surface area (Å²) in [4.78, 5) is 10.7. The van der Waals surface area contributed by atoms with Crippen LogP contribution in [0.15, 0.2) is 6.20 Å². The van der Waals surface area contributed by atoms with Gasteiger partial charge in [-0.1, -0.05) is 0 Å². The monoisotopic (exact) mass is 188 g/mol. The van der Waals surface area contributed by atoms with Gasteiger partial charge in [0.15, 0.2) is 6.61 Å². The van der Waals surface area contributed by atoms with Gasteiger partial charge in [-0.2, -0.15) is 4.37 Å². The van der Waals surface area contributed by atoms with Crippen LogP contribution < -0.4 is 4.74 Å². The van der Waals surface area contributed by atoms with Crippen molar-refractivity contribution < 1.29 is 14.3 Å². The zero-order chi connectivity index (χ0) is 8.81. The Morgan fingerprint density at radius 2 is 2.58 bits per heavy atom. The maximum Gasteiger partial charge on any atom is 0.344 e. The van der Waals surface area contributed by atoms with Crippen molar-refractivity contribution in [1.82, 2.24) is 8.75 Å². The van der Waals surface area contributed by atoms with Crippen LogP contribution in [0.1, 0.15) is 6.92 Å². The van der Waals surface area contributed by atoms with Crippen LogP contribution in [0, 0.1) is 0 Å². The summed E-state index contributed by atoms with van der Waals surface area (Å²) >= 11 is 1.03. The summed E-state index contributed by atoms with van der Waals surface area (Å²) in [6.07, 6.45) is 1.45. The summed E-state index contributed by atoms with van der Waals surface area (Å²) in [5, 5.41) is 0. The van der Waals surface area contributed by atoms with Crippen LogP contribution in [0.25, 0.3) is 0 Å². The Morgan fingerprint density at radius 3 is 3.17 bits per heavy atom. The van der Waals surface area contributed by atoms with Gasteiger partial charge in [0.2, 0.25) is 5.88 Å². The summed E-state index contributed by atoms with van der Waals surface area (Å²) in [5.41, 5.74) is 0. The van der Waals surface area contributed by atoms with E-state index >= 15 is 0 Å². The smallest absolute Gasteiger partial charge is 0.344 e. The fourth-order valence-electron chi connectivity index (χ4n) is 0.555. The molecule has 0 N–H and O–H groups in total. The first-order valence-corrected chi connectivity index (χ1v) is 4.12. The minimum Gasteiger partial charge on any atom is -0.464 e. The maximum atomic E-state index is 10.7. The number of carbonyl (C=O) groups excluding carboxylic acids is 1. The molecule has 5 nitrogen and oxygen atoms in total. The van der Waals surface area contributed by atoms with Crippen molar-refractivity contribution in [1.29, 1.82) is 0 Å². The van der Waals surface area contributed by atoms with Crippen LogP contribution in [-0.4, -0.2) is 27.9 Å². The minimum absolute atomic E-state index is 0.112. The number of hydrogen-bond donors (Lipinski definition) is 0. The fourth-order valence-corrected chi connectivity index (χ4v) is 0.920. The third-order valence-corrected chi connectivity index (χ3v) is 1.45. The highest BCUT2D eigenvalue weighted by Gasteiger charge is 2.03. The van der Waals surface area contributed by atoms with E-state index in [1.807, 2.05) is 0 Å². The summed E-state index contributed by atoms with van der Waals surface area (Å²) in [7, 11) is 0. The Hall–Kier alpha value is -1.17. The molecule has 0 aliphatic heterocycles. The highest BCUT2D eigenvalue weighted by atomic mass is 32.1. The lowest BCUT2D eigenvalue weighted by molar-refractivity contribution is -0.145. The molecule has 1 aromatic heterocycles. The van der Waals surface area contributed by atoms with Gasteiger partial charge in [0, 0.05) is 0 Å². The second kappa shape index (κ2) is 4.66. The Labute approximate surface area is 73.6 Å². The molecule has 66 valence electrons. The first-order chi connectivity index (χ1) is 5.83. The van der Waals surface area contributed by atoms with Crippen LogP contribution in [0.4, 0.5) is 0 Å². The van der Waals surface area contributed by atoms with Crippen LogP contribution in [0.2, 0.25) is 0 Å². The molecule has 12 heavy (non-hydrogen) atoms. The number of hydrogen-bond acceptors (Lipinski definition) is 6. The molecule has 0 unspecified atom stereocenters. The molecule has 0 atom stereocenters. The molecule has 0 aliphatic carbocycles. The zero-order valence-electron chi connectivity index (χ0n) is 6.52. The summed E-state index contributed by atoms with van der Waals surface area (Å²) in [6.45, 7) is 1.99. The van der Waals surface area contributed by atoms with E-state index in [0.717, 1.165) is 11.7 Å². The second-order valence-corrected chi connectivity index (χ2v) is 2.40. The molecule has 0 aliphatic rings. The summed E-state index contributed by atoms with van der Waals surface area (Å²) < 4.78 is 17.0. The molecular weight excluding hydrogens is 180 g/mol. The van der Waals surface area contributed by atoms with Gasteiger partial charge < -0.3 is 9.47 Å². The molecule has 0 saturated heterocycles. The first kappa shape index (κ1) is 8.92. The molecule has 1 rings (SSSR count). The third-order valence-electron chi connectivity index (χ3n) is 0.984. The van der Waals surface area contributed by atoms with Crippen molar-refractivity contribution in [3.05, 3.63) is 6.20 Å². The normalized spacial score (nSPS) is 9.42. The lowest BCUT2D eigenvalue weighted by atomic mass is 10.7. The van der Waals surface area contributed by atoms with Crippen molar-refractivity contribution in [2.75, 3.05) is 13.2 Å². The van der Waals surface area contributed by atoms with E-state index in [1.54, 1.807) is 6.92 Å². The topological polar surface area (TPSA) is 61.3 Å². The van der Waals surface area contributed by atoms with Crippen molar-refractivity contribution in [2.24, 2.45) is 0 Å². The third kappa shape index (κ3) is 2.83. The molecule has 0 radical (unpaired) electrons. The average molecular weight is 188 g/mol. The fraction of sp³-hybridized carbons (Fsp3) is 0.500. The molecule has 1 aromatic rings. The maximum absolute atomic E-state index is 10.7. The number of esters is 1. The number of ether oxygens (including phenoxy) is 2. The predicted octanol–water partition coefficient (Wildman–Crippen LogP) is 0.480. The predicted molar refractivity (Wildman–Crippen MR) is 42.0 cm³/mol. The Bertz CT molecular complexity index is 237. The van der Waals surface area contributed by atoms with Crippen molar-refractivity contribution in [3.8, 4) is 5.88 Å². The first-order valence-electron chi connectivity index (χ1n) is 3.39. The van der Waals surface area contributed by atoms with Crippen molar-refractivity contribution in [3.63, 3.8) is 0 Å². The quantitative estimate of drug-likeness (QED) is 0.643. The van der Waals surface area contributed by atoms with E-state index in [9.17, 15) is 4.79 Å². The van der Waals surface area contributed by atoms with Gasteiger partial charge in [-0.25, -0.2) is 4.79 Å². The van der Waals surface area contributed by atoms with Gasteiger partial charge in [0.05, 0.1) is 18.3 Å². The van der Waals surface area contributed by atoms with Crippen LogP contribution in [-0.2, 0) is 9.53 Å². The van der Waals surface area contributed by atoms with Gasteiger partial charge in [-0.05, 0) is 6.92 Å². The van der Waals surface area contributed by atoms with E-state index in [4.69, 9.17) is 4.74 Å². The Balaban J connectivity index is 2.22. The number of aromatic nitrogens is 2. The molecule has 6 heteroatoms. The zero-order valence-corrected chi connectivity index (χ0v) is 7.34. The Morgan fingerprint density at radius 1 is 1.75 bits per heavy atom. The molecule has 0 bridgehead atoms. The highest BCUT2D eigenvalue weighted by molar-refractivity contribution is 6.99. The molecular formula is C6H8N2O3S. The SMILES string of the molecule is CCOC(=O)COc1cnsn1. The van der Waals surface area contributed by atoms with Crippen molar-refractivity contribution in [2.45, 2.75) is 6.92 Å². The van der Waals surface area contributed by atoms with Crippen LogP contribution in [0.5, 0.6) is 5.88 Å². The van der Waals surface area contributed by atoms with Gasteiger partial charge in [-0.15, -0.1) is 4.37 Å². The molecule has 0 fully saturated rings. The number of carbonyl (C=O) groups is 1. The molecule has 0 aromatic carbocycles. The lowest BCUT2D eigenvalue weighted by Crippen LogP contribution is -2.14. The molecule has 0 saturated carbocycles. The van der Waals surface area contributed by atoms with Crippen molar-refractivity contribution >= 4 is 17.7 Å². The van der Waals surface area contributed by atoms with E-state index in [1.165, 1.54) is 6.20 Å². The molecule has 0 spiro atoms. The number of rotatable bonds is 4. The standard InChI is InChI=1S/C6H8N2O3S/c1-2-10-6(9)4-11-5-3-7-12-8-5/h3H,2,4H2,1H3. The van der Waals surface area contributed by atoms with E-state index < -0.39 is 5.97 Å². The Kier molecular flexibility index (Phi) is 3.46. The number of nitrogens with zero attached hydrogens (tertiary/aromatic N) is 2. The average Bonchev–Trinajstić information content (AvgIpc) is 2.53. The highest BCUT2D eigenvalue weighted by Crippen LogP contribution is 2.04. The molecule has 1 heterocycles. The van der Waals surface area contributed by atoms with Gasteiger partial charge in [0.1, 0.15) is 6.20 Å². The van der Waals surface area contributed by atoms with E-state index in [0.29, 0.717) is 12.5 Å². The van der Waals surface area contributed by atoms with Crippen LogP contribution >= 0.6 is 11.7 Å². The van der Waals surface area contributed by atoms with Gasteiger partial charge >= 0.3 is 5.97 Å².